The summed E-state index contributed by atoms with van der Waals surface area (Å²) in [7, 11) is 0. The van der Waals surface area contributed by atoms with Crippen molar-refractivity contribution in [3.05, 3.63) is 29.5 Å². The smallest absolute Gasteiger partial charge is 0.170 e. The van der Waals surface area contributed by atoms with Crippen LogP contribution in [0.2, 0.25) is 0 Å². The SMILES string of the molecule is CCCCc1ccc(C)c2oncc12. The number of hydrogen-bond donors (Lipinski definition) is 0. The second kappa shape index (κ2) is 3.82. The lowest BCUT2D eigenvalue weighted by atomic mass is 10.0. The van der Waals surface area contributed by atoms with E-state index in [0.29, 0.717) is 0 Å². The molecule has 0 amide bonds. The van der Waals surface area contributed by atoms with Crippen molar-refractivity contribution in [2.45, 2.75) is 33.1 Å². The van der Waals surface area contributed by atoms with Crippen LogP contribution in [0.1, 0.15) is 30.9 Å². The molecule has 0 bridgehead atoms. The van der Waals surface area contributed by atoms with Crippen LogP contribution in [0.25, 0.3) is 11.0 Å². The highest BCUT2D eigenvalue weighted by molar-refractivity contribution is 5.82. The van der Waals surface area contributed by atoms with Gasteiger partial charge in [-0.1, -0.05) is 30.6 Å². The van der Waals surface area contributed by atoms with Gasteiger partial charge in [0.05, 0.1) is 6.20 Å². The summed E-state index contributed by atoms with van der Waals surface area (Å²) in [5.41, 5.74) is 3.46. The van der Waals surface area contributed by atoms with E-state index in [1.165, 1.54) is 23.8 Å². The van der Waals surface area contributed by atoms with Gasteiger partial charge in [-0.15, -0.1) is 0 Å². The first-order chi connectivity index (χ1) is 6.83. The Bertz CT molecular complexity index is 431. The number of benzene rings is 1. The van der Waals surface area contributed by atoms with Crippen LogP contribution in [0.4, 0.5) is 0 Å². The van der Waals surface area contributed by atoms with Crippen molar-refractivity contribution in [2.75, 3.05) is 0 Å². The molecular weight excluding hydrogens is 174 g/mol. The molecule has 0 spiro atoms. The molecule has 0 N–H and O–H groups in total. The summed E-state index contributed by atoms with van der Waals surface area (Å²) in [6.45, 7) is 4.26. The maximum absolute atomic E-state index is 5.22. The van der Waals surface area contributed by atoms with Crippen molar-refractivity contribution in [1.82, 2.24) is 5.16 Å². The van der Waals surface area contributed by atoms with Crippen LogP contribution in [0.15, 0.2) is 22.9 Å². The first kappa shape index (κ1) is 9.25. The minimum absolute atomic E-state index is 0.943. The summed E-state index contributed by atoms with van der Waals surface area (Å²) in [5.74, 6) is 0. The Labute approximate surface area is 83.9 Å². The molecule has 0 radical (unpaired) electrons. The molecule has 74 valence electrons. The third-order valence-corrected chi connectivity index (χ3v) is 2.61. The van der Waals surface area contributed by atoms with E-state index < -0.39 is 0 Å². The highest BCUT2D eigenvalue weighted by Gasteiger charge is 2.06. The maximum Gasteiger partial charge on any atom is 0.170 e. The van der Waals surface area contributed by atoms with E-state index in [4.69, 9.17) is 4.52 Å². The predicted octanol–water partition coefficient (Wildman–Crippen LogP) is 3.48. The van der Waals surface area contributed by atoms with Gasteiger partial charge in [-0.2, -0.15) is 0 Å². The largest absolute Gasteiger partial charge is 0.356 e. The molecule has 14 heavy (non-hydrogen) atoms. The van der Waals surface area contributed by atoms with E-state index in [9.17, 15) is 0 Å². The van der Waals surface area contributed by atoms with Crippen LogP contribution < -0.4 is 0 Å². The summed E-state index contributed by atoms with van der Waals surface area (Å²) in [5, 5.41) is 5.03. The summed E-state index contributed by atoms with van der Waals surface area (Å²) in [6.07, 6.45) is 5.39. The summed E-state index contributed by atoms with van der Waals surface area (Å²) in [6, 6.07) is 4.29. The Morgan fingerprint density at radius 1 is 1.36 bits per heavy atom. The van der Waals surface area contributed by atoms with Gasteiger partial charge >= 0.3 is 0 Å². The van der Waals surface area contributed by atoms with Gasteiger partial charge in [-0.05, 0) is 30.9 Å². The van der Waals surface area contributed by atoms with Crippen molar-refractivity contribution >= 4 is 11.0 Å². The molecular formula is C12H15NO. The molecule has 2 rings (SSSR count). The topological polar surface area (TPSA) is 26.0 Å². The fourth-order valence-electron chi connectivity index (χ4n) is 1.73. The maximum atomic E-state index is 5.22. The normalized spacial score (nSPS) is 11.0. The number of hydrogen-bond acceptors (Lipinski definition) is 2. The minimum atomic E-state index is 0.943. The Morgan fingerprint density at radius 2 is 2.21 bits per heavy atom. The molecule has 2 heteroatoms. The van der Waals surface area contributed by atoms with E-state index in [2.05, 4.69) is 31.1 Å². The number of unbranched alkanes of at least 4 members (excludes halogenated alkanes) is 1. The number of aryl methyl sites for hydroxylation is 2. The van der Waals surface area contributed by atoms with Crippen molar-refractivity contribution in [2.24, 2.45) is 0 Å². The van der Waals surface area contributed by atoms with Crippen molar-refractivity contribution < 1.29 is 4.52 Å². The lowest BCUT2D eigenvalue weighted by Crippen LogP contribution is -1.86. The predicted molar refractivity (Wildman–Crippen MR) is 57.4 cm³/mol. The molecule has 0 saturated carbocycles. The monoisotopic (exact) mass is 189 g/mol. The van der Waals surface area contributed by atoms with E-state index in [-0.39, 0.29) is 0 Å². The highest BCUT2D eigenvalue weighted by Crippen LogP contribution is 2.23. The van der Waals surface area contributed by atoms with Gasteiger partial charge in [-0.3, -0.25) is 0 Å². The fraction of sp³-hybridized carbons (Fsp3) is 0.417. The number of nitrogens with zero attached hydrogens (tertiary/aromatic N) is 1. The molecule has 0 aliphatic carbocycles. The van der Waals surface area contributed by atoms with Crippen molar-refractivity contribution in [3.8, 4) is 0 Å². The molecule has 0 saturated heterocycles. The summed E-state index contributed by atoms with van der Waals surface area (Å²) in [4.78, 5) is 0. The molecule has 2 aromatic rings. The summed E-state index contributed by atoms with van der Waals surface area (Å²) < 4.78 is 5.22. The molecule has 1 aromatic heterocycles. The van der Waals surface area contributed by atoms with Crippen molar-refractivity contribution in [3.63, 3.8) is 0 Å². The van der Waals surface area contributed by atoms with Gasteiger partial charge in [-0.25, -0.2) is 0 Å². The van der Waals surface area contributed by atoms with Crippen LogP contribution in [-0.2, 0) is 6.42 Å². The zero-order valence-electron chi connectivity index (χ0n) is 8.71. The quantitative estimate of drug-likeness (QED) is 0.738. The zero-order chi connectivity index (χ0) is 9.97. The average molecular weight is 189 g/mol. The van der Waals surface area contributed by atoms with Crippen LogP contribution in [0, 0.1) is 6.92 Å². The minimum Gasteiger partial charge on any atom is -0.356 e. The number of fused-ring (bicyclic) bond motifs is 1. The third kappa shape index (κ3) is 1.52. The first-order valence-electron chi connectivity index (χ1n) is 5.15. The van der Waals surface area contributed by atoms with Crippen LogP contribution >= 0.6 is 0 Å². The molecule has 1 heterocycles. The average Bonchev–Trinajstić information content (AvgIpc) is 2.66. The molecule has 0 atom stereocenters. The molecule has 1 aromatic carbocycles. The van der Waals surface area contributed by atoms with E-state index in [0.717, 1.165) is 17.6 Å². The zero-order valence-corrected chi connectivity index (χ0v) is 8.71. The first-order valence-corrected chi connectivity index (χ1v) is 5.15. The van der Waals surface area contributed by atoms with Crippen molar-refractivity contribution in [1.29, 1.82) is 0 Å². The van der Waals surface area contributed by atoms with Gasteiger partial charge in [0.1, 0.15) is 0 Å². The van der Waals surface area contributed by atoms with Gasteiger partial charge in [0.25, 0.3) is 0 Å². The highest BCUT2D eigenvalue weighted by atomic mass is 16.5. The standard InChI is InChI=1S/C12H15NO/c1-3-4-5-10-7-6-9(2)12-11(10)8-13-14-12/h6-8H,3-5H2,1-2H3. The summed E-state index contributed by atoms with van der Waals surface area (Å²) >= 11 is 0. The van der Waals surface area contributed by atoms with Crippen LogP contribution in [0.5, 0.6) is 0 Å². The van der Waals surface area contributed by atoms with Crippen LogP contribution in [0.3, 0.4) is 0 Å². The number of rotatable bonds is 3. The third-order valence-electron chi connectivity index (χ3n) is 2.61. The van der Waals surface area contributed by atoms with Gasteiger partial charge in [0, 0.05) is 5.39 Å². The number of aromatic nitrogens is 1. The van der Waals surface area contributed by atoms with E-state index >= 15 is 0 Å². The Kier molecular flexibility index (Phi) is 2.53. The lowest BCUT2D eigenvalue weighted by molar-refractivity contribution is 0.455. The van der Waals surface area contributed by atoms with Gasteiger partial charge < -0.3 is 4.52 Å². The second-order valence-electron chi connectivity index (χ2n) is 3.71. The second-order valence-corrected chi connectivity index (χ2v) is 3.71. The Hall–Kier alpha value is -1.31. The van der Waals surface area contributed by atoms with E-state index in [1.807, 2.05) is 6.20 Å². The van der Waals surface area contributed by atoms with Gasteiger partial charge in [0.15, 0.2) is 5.58 Å². The molecule has 0 fully saturated rings. The molecule has 0 aliphatic rings. The van der Waals surface area contributed by atoms with Crippen LogP contribution in [-0.4, -0.2) is 5.16 Å². The Balaban J connectivity index is 2.45. The molecule has 0 aliphatic heterocycles. The van der Waals surface area contributed by atoms with Gasteiger partial charge in [0.2, 0.25) is 0 Å². The molecule has 0 unspecified atom stereocenters. The van der Waals surface area contributed by atoms with E-state index in [1.54, 1.807) is 0 Å². The lowest BCUT2D eigenvalue weighted by Gasteiger charge is -2.01. The fourth-order valence-corrected chi connectivity index (χ4v) is 1.73. The molecule has 2 nitrogen and oxygen atoms in total. The Morgan fingerprint density at radius 3 is 3.00 bits per heavy atom.